The number of H-pyrrole nitrogens is 1. The van der Waals surface area contributed by atoms with Gasteiger partial charge in [0.15, 0.2) is 0 Å². The average molecular weight is 234 g/mol. The predicted molar refractivity (Wildman–Crippen MR) is 68.3 cm³/mol. The highest BCUT2D eigenvalue weighted by Gasteiger charge is 2.24. The lowest BCUT2D eigenvalue weighted by atomic mass is 9.97. The predicted octanol–water partition coefficient (Wildman–Crippen LogP) is 1.30. The molecule has 0 saturated carbocycles. The van der Waals surface area contributed by atoms with Crippen molar-refractivity contribution in [2.24, 2.45) is 0 Å². The molecule has 0 bridgehead atoms. The van der Waals surface area contributed by atoms with Crippen LogP contribution in [-0.2, 0) is 0 Å². The van der Waals surface area contributed by atoms with E-state index >= 15 is 0 Å². The topological polar surface area (TPSA) is 44.0 Å². The van der Waals surface area contributed by atoms with Crippen LogP contribution in [0.25, 0.3) is 0 Å². The van der Waals surface area contributed by atoms with Crippen molar-refractivity contribution in [3.05, 3.63) is 17.7 Å². The second-order valence-corrected chi connectivity index (χ2v) is 5.50. The van der Waals surface area contributed by atoms with E-state index in [4.69, 9.17) is 0 Å². The standard InChI is InChI=1S/C13H22N4/c1-17-7-4-11(9-17)12-8-15-13(16-12)10-2-5-14-6-3-10/h8,10-11,14H,2-7,9H2,1H3,(H,15,16). The molecule has 2 aliphatic heterocycles. The Balaban J connectivity index is 1.69. The monoisotopic (exact) mass is 234 g/mol. The Morgan fingerprint density at radius 2 is 2.06 bits per heavy atom. The summed E-state index contributed by atoms with van der Waals surface area (Å²) in [5, 5.41) is 3.40. The lowest BCUT2D eigenvalue weighted by Crippen LogP contribution is -2.27. The van der Waals surface area contributed by atoms with E-state index in [1.54, 1.807) is 0 Å². The molecule has 0 aliphatic carbocycles. The molecule has 0 radical (unpaired) electrons. The first-order chi connectivity index (χ1) is 8.33. The van der Waals surface area contributed by atoms with Gasteiger partial charge in [0.25, 0.3) is 0 Å². The number of hydrogen-bond donors (Lipinski definition) is 2. The summed E-state index contributed by atoms with van der Waals surface area (Å²) in [6.45, 7) is 4.65. The molecule has 1 aromatic heterocycles. The van der Waals surface area contributed by atoms with Crippen molar-refractivity contribution >= 4 is 0 Å². The SMILES string of the molecule is CN1CCC(c2cnc(C3CCNCC3)[nH]2)C1. The lowest BCUT2D eigenvalue weighted by Gasteiger charge is -2.20. The summed E-state index contributed by atoms with van der Waals surface area (Å²) in [6.07, 6.45) is 5.78. The summed E-state index contributed by atoms with van der Waals surface area (Å²) in [5.74, 6) is 2.53. The Morgan fingerprint density at radius 1 is 1.24 bits per heavy atom. The number of aromatic amines is 1. The van der Waals surface area contributed by atoms with Crippen molar-refractivity contribution in [3.63, 3.8) is 0 Å². The smallest absolute Gasteiger partial charge is 0.109 e. The molecule has 0 amide bonds. The number of likely N-dealkylation sites (tertiary alicyclic amines) is 1. The van der Waals surface area contributed by atoms with Gasteiger partial charge in [0, 0.05) is 30.3 Å². The summed E-state index contributed by atoms with van der Waals surface area (Å²) >= 11 is 0. The lowest BCUT2D eigenvalue weighted by molar-refractivity contribution is 0.410. The first-order valence-electron chi connectivity index (χ1n) is 6.77. The fourth-order valence-corrected chi connectivity index (χ4v) is 3.05. The van der Waals surface area contributed by atoms with Crippen molar-refractivity contribution in [1.82, 2.24) is 20.2 Å². The van der Waals surface area contributed by atoms with Crippen LogP contribution in [0.2, 0.25) is 0 Å². The van der Waals surface area contributed by atoms with Gasteiger partial charge in [-0.15, -0.1) is 0 Å². The van der Waals surface area contributed by atoms with Gasteiger partial charge in [0.1, 0.15) is 5.82 Å². The zero-order valence-corrected chi connectivity index (χ0v) is 10.6. The summed E-state index contributed by atoms with van der Waals surface area (Å²) in [4.78, 5) is 10.6. The fourth-order valence-electron chi connectivity index (χ4n) is 3.05. The summed E-state index contributed by atoms with van der Waals surface area (Å²) < 4.78 is 0. The van der Waals surface area contributed by atoms with Gasteiger partial charge < -0.3 is 15.2 Å². The number of nitrogens with one attached hydrogen (secondary N) is 2. The second kappa shape index (κ2) is 4.78. The van der Waals surface area contributed by atoms with Gasteiger partial charge in [0.05, 0.1) is 0 Å². The van der Waals surface area contributed by atoms with Crippen LogP contribution >= 0.6 is 0 Å². The maximum atomic E-state index is 4.61. The van der Waals surface area contributed by atoms with E-state index in [1.165, 1.54) is 43.9 Å². The number of hydrogen-bond acceptors (Lipinski definition) is 3. The van der Waals surface area contributed by atoms with E-state index in [0.29, 0.717) is 11.8 Å². The van der Waals surface area contributed by atoms with Gasteiger partial charge >= 0.3 is 0 Å². The molecular weight excluding hydrogens is 212 g/mol. The number of piperidine rings is 1. The second-order valence-electron chi connectivity index (χ2n) is 5.50. The van der Waals surface area contributed by atoms with Crippen LogP contribution in [0.4, 0.5) is 0 Å². The normalized spacial score (nSPS) is 27.7. The number of imidazole rings is 1. The third kappa shape index (κ3) is 2.38. The number of nitrogens with zero attached hydrogens (tertiary/aromatic N) is 2. The van der Waals surface area contributed by atoms with Gasteiger partial charge in [-0.2, -0.15) is 0 Å². The molecule has 0 aromatic carbocycles. The van der Waals surface area contributed by atoms with E-state index in [9.17, 15) is 0 Å². The van der Waals surface area contributed by atoms with Gasteiger partial charge in [-0.25, -0.2) is 4.98 Å². The number of aromatic nitrogens is 2. The molecule has 1 atom stereocenters. The molecular formula is C13H22N4. The average Bonchev–Trinajstić information content (AvgIpc) is 2.98. The van der Waals surface area contributed by atoms with Crippen LogP contribution in [0.3, 0.4) is 0 Å². The molecule has 17 heavy (non-hydrogen) atoms. The van der Waals surface area contributed by atoms with Gasteiger partial charge in [-0.05, 0) is 45.9 Å². The molecule has 2 fully saturated rings. The Morgan fingerprint density at radius 3 is 2.76 bits per heavy atom. The highest BCUT2D eigenvalue weighted by atomic mass is 15.1. The van der Waals surface area contributed by atoms with Crippen LogP contribution < -0.4 is 5.32 Å². The van der Waals surface area contributed by atoms with E-state index in [1.807, 2.05) is 0 Å². The molecule has 2 N–H and O–H groups in total. The molecule has 2 saturated heterocycles. The molecule has 3 heterocycles. The largest absolute Gasteiger partial charge is 0.345 e. The summed E-state index contributed by atoms with van der Waals surface area (Å²) in [6, 6.07) is 0. The van der Waals surface area contributed by atoms with Crippen LogP contribution in [0.1, 0.15) is 42.6 Å². The van der Waals surface area contributed by atoms with Crippen molar-refractivity contribution in [1.29, 1.82) is 0 Å². The van der Waals surface area contributed by atoms with Gasteiger partial charge in [0.2, 0.25) is 0 Å². The van der Waals surface area contributed by atoms with E-state index in [-0.39, 0.29) is 0 Å². The molecule has 2 aliphatic rings. The van der Waals surface area contributed by atoms with Gasteiger partial charge in [-0.3, -0.25) is 0 Å². The van der Waals surface area contributed by atoms with Crippen molar-refractivity contribution in [2.75, 3.05) is 33.2 Å². The minimum Gasteiger partial charge on any atom is -0.345 e. The van der Waals surface area contributed by atoms with E-state index in [2.05, 4.69) is 33.4 Å². The summed E-state index contributed by atoms with van der Waals surface area (Å²) in [5.41, 5.74) is 1.35. The maximum Gasteiger partial charge on any atom is 0.109 e. The molecule has 0 spiro atoms. The molecule has 1 unspecified atom stereocenters. The van der Waals surface area contributed by atoms with Gasteiger partial charge in [-0.1, -0.05) is 0 Å². The molecule has 1 aromatic rings. The van der Waals surface area contributed by atoms with Crippen molar-refractivity contribution in [3.8, 4) is 0 Å². The third-order valence-corrected chi connectivity index (χ3v) is 4.17. The van der Waals surface area contributed by atoms with E-state index in [0.717, 1.165) is 13.1 Å². The Bertz CT molecular complexity index is 348. The summed E-state index contributed by atoms with van der Waals surface area (Å²) in [7, 11) is 2.20. The first-order valence-corrected chi connectivity index (χ1v) is 6.77. The number of likely N-dealkylation sites (N-methyl/N-ethyl adjacent to an activating group) is 1. The van der Waals surface area contributed by atoms with Crippen molar-refractivity contribution in [2.45, 2.75) is 31.1 Å². The Labute approximate surface area is 103 Å². The number of rotatable bonds is 2. The van der Waals surface area contributed by atoms with Crippen LogP contribution in [-0.4, -0.2) is 48.1 Å². The molecule has 94 valence electrons. The first kappa shape index (κ1) is 11.2. The quantitative estimate of drug-likeness (QED) is 0.810. The molecule has 3 rings (SSSR count). The van der Waals surface area contributed by atoms with Crippen molar-refractivity contribution < 1.29 is 0 Å². The molecule has 4 nitrogen and oxygen atoms in total. The highest BCUT2D eigenvalue weighted by molar-refractivity contribution is 5.13. The molecule has 4 heteroatoms. The van der Waals surface area contributed by atoms with E-state index < -0.39 is 0 Å². The minimum absolute atomic E-state index is 0.643. The minimum atomic E-state index is 0.643. The maximum absolute atomic E-state index is 4.61. The van der Waals surface area contributed by atoms with Crippen LogP contribution in [0.5, 0.6) is 0 Å². The Kier molecular flexibility index (Phi) is 3.16. The third-order valence-electron chi connectivity index (χ3n) is 4.17. The Hall–Kier alpha value is -0.870. The van der Waals surface area contributed by atoms with Crippen LogP contribution in [0, 0.1) is 0 Å². The van der Waals surface area contributed by atoms with Crippen LogP contribution in [0.15, 0.2) is 6.20 Å². The fraction of sp³-hybridized carbons (Fsp3) is 0.769. The zero-order valence-electron chi connectivity index (χ0n) is 10.6. The zero-order chi connectivity index (χ0) is 11.7. The highest BCUT2D eigenvalue weighted by Crippen LogP contribution is 2.28.